The van der Waals surface area contributed by atoms with Crippen molar-refractivity contribution in [1.82, 2.24) is 0 Å². The Labute approximate surface area is 106 Å². The van der Waals surface area contributed by atoms with Gasteiger partial charge in [0.05, 0.1) is 0 Å². The van der Waals surface area contributed by atoms with Crippen LogP contribution in [0.2, 0.25) is 5.02 Å². The van der Waals surface area contributed by atoms with E-state index in [1.165, 1.54) is 0 Å². The van der Waals surface area contributed by atoms with E-state index in [4.69, 9.17) is 17.3 Å². The molecule has 2 rings (SSSR count). The zero-order valence-electron chi connectivity index (χ0n) is 7.84. The van der Waals surface area contributed by atoms with Crippen LogP contribution in [-0.4, -0.2) is 0 Å². The molecule has 0 aliphatic carbocycles. The second kappa shape index (κ2) is 4.66. The van der Waals surface area contributed by atoms with Crippen molar-refractivity contribution in [2.24, 2.45) is 5.73 Å². The molecule has 1 aromatic carbocycles. The molecule has 0 radical (unpaired) electrons. The maximum absolute atomic E-state index is 6.20. The van der Waals surface area contributed by atoms with Gasteiger partial charge >= 0.3 is 0 Å². The summed E-state index contributed by atoms with van der Waals surface area (Å²) < 4.78 is 1.08. The van der Waals surface area contributed by atoms with Crippen LogP contribution in [0.3, 0.4) is 0 Å². The normalized spacial score (nSPS) is 10.6. The fraction of sp³-hybridized carbons (Fsp3) is 0.0909. The second-order valence-corrected chi connectivity index (χ2v) is 5.16. The molecule has 0 saturated heterocycles. The van der Waals surface area contributed by atoms with Crippen molar-refractivity contribution < 1.29 is 0 Å². The molecule has 0 fully saturated rings. The highest BCUT2D eigenvalue weighted by Crippen LogP contribution is 2.36. The largest absolute Gasteiger partial charge is 0.326 e. The average Bonchev–Trinajstić information content (AvgIpc) is 2.64. The average molecular weight is 303 g/mol. The molecule has 0 spiro atoms. The maximum Gasteiger partial charge on any atom is 0.0488 e. The van der Waals surface area contributed by atoms with Gasteiger partial charge in [0.15, 0.2) is 0 Å². The minimum atomic E-state index is 0.519. The molecule has 4 heteroatoms. The fourth-order valence-corrected chi connectivity index (χ4v) is 3.19. The molecule has 0 amide bonds. The Bertz CT molecular complexity index is 481. The van der Waals surface area contributed by atoms with Crippen molar-refractivity contribution in [2.45, 2.75) is 6.54 Å². The van der Waals surface area contributed by atoms with Gasteiger partial charge in [0.25, 0.3) is 0 Å². The molecule has 2 aromatic rings. The number of hydrogen-bond donors (Lipinski definition) is 1. The van der Waals surface area contributed by atoms with Gasteiger partial charge in [-0.05, 0) is 32.9 Å². The molecule has 2 N–H and O–H groups in total. The van der Waals surface area contributed by atoms with Crippen LogP contribution in [0, 0.1) is 0 Å². The molecule has 1 nitrogen and oxygen atoms in total. The summed E-state index contributed by atoms with van der Waals surface area (Å²) in [6.45, 7) is 0.519. The lowest BCUT2D eigenvalue weighted by Crippen LogP contribution is -1.95. The Balaban J connectivity index is 2.50. The molecule has 15 heavy (non-hydrogen) atoms. The lowest BCUT2D eigenvalue weighted by Gasteiger charge is -2.05. The van der Waals surface area contributed by atoms with E-state index >= 15 is 0 Å². The Kier molecular flexibility index (Phi) is 3.46. The fourth-order valence-electron chi connectivity index (χ4n) is 1.38. The first kappa shape index (κ1) is 11.1. The Morgan fingerprint density at radius 3 is 2.60 bits per heavy atom. The van der Waals surface area contributed by atoms with Gasteiger partial charge in [-0.3, -0.25) is 0 Å². The van der Waals surface area contributed by atoms with Gasteiger partial charge in [0.1, 0.15) is 0 Å². The molecular formula is C11H9BrClNS. The summed E-state index contributed by atoms with van der Waals surface area (Å²) in [7, 11) is 0. The SMILES string of the molecule is NCc1ccc(-c2cscc2Br)c(Cl)c1. The zero-order chi connectivity index (χ0) is 10.8. The highest BCUT2D eigenvalue weighted by atomic mass is 79.9. The summed E-state index contributed by atoms with van der Waals surface area (Å²) in [6.07, 6.45) is 0. The summed E-state index contributed by atoms with van der Waals surface area (Å²) >= 11 is 11.3. The number of halogens is 2. The van der Waals surface area contributed by atoms with Gasteiger partial charge in [0.2, 0.25) is 0 Å². The van der Waals surface area contributed by atoms with Crippen LogP contribution in [0.1, 0.15) is 5.56 Å². The Hall–Kier alpha value is -0.350. The van der Waals surface area contributed by atoms with Gasteiger partial charge in [-0.15, -0.1) is 0 Å². The van der Waals surface area contributed by atoms with E-state index in [2.05, 4.69) is 21.3 Å². The van der Waals surface area contributed by atoms with Gasteiger partial charge in [-0.25, -0.2) is 0 Å². The molecule has 0 aliphatic heterocycles. The minimum Gasteiger partial charge on any atom is -0.326 e. The standard InChI is InChI=1S/C11H9BrClNS/c12-10-6-15-5-9(10)8-2-1-7(4-14)3-11(8)13/h1-3,5-6H,4,14H2. The number of nitrogens with two attached hydrogens (primary N) is 1. The van der Waals surface area contributed by atoms with Crippen LogP contribution in [0.5, 0.6) is 0 Å². The first-order valence-electron chi connectivity index (χ1n) is 4.43. The van der Waals surface area contributed by atoms with E-state index < -0.39 is 0 Å². The van der Waals surface area contributed by atoms with E-state index in [0.717, 1.165) is 26.2 Å². The van der Waals surface area contributed by atoms with Gasteiger partial charge < -0.3 is 5.73 Å². The van der Waals surface area contributed by atoms with Crippen LogP contribution in [-0.2, 0) is 6.54 Å². The van der Waals surface area contributed by atoms with Crippen molar-refractivity contribution in [3.05, 3.63) is 44.0 Å². The third kappa shape index (κ3) is 2.26. The summed E-state index contributed by atoms with van der Waals surface area (Å²) in [6, 6.07) is 5.93. The lowest BCUT2D eigenvalue weighted by molar-refractivity contribution is 1.07. The van der Waals surface area contributed by atoms with E-state index in [0.29, 0.717) is 6.54 Å². The van der Waals surface area contributed by atoms with E-state index in [1.807, 2.05) is 23.6 Å². The predicted molar refractivity (Wildman–Crippen MR) is 70.4 cm³/mol. The topological polar surface area (TPSA) is 26.0 Å². The highest BCUT2D eigenvalue weighted by molar-refractivity contribution is 9.10. The Morgan fingerprint density at radius 1 is 1.27 bits per heavy atom. The first-order chi connectivity index (χ1) is 7.22. The molecule has 0 unspecified atom stereocenters. The van der Waals surface area contributed by atoms with Crippen molar-refractivity contribution >= 4 is 38.9 Å². The van der Waals surface area contributed by atoms with Crippen molar-refractivity contribution in [2.75, 3.05) is 0 Å². The van der Waals surface area contributed by atoms with E-state index in [-0.39, 0.29) is 0 Å². The summed E-state index contributed by atoms with van der Waals surface area (Å²) in [5.41, 5.74) is 8.78. The maximum atomic E-state index is 6.20. The second-order valence-electron chi connectivity index (χ2n) is 3.15. The van der Waals surface area contributed by atoms with Crippen LogP contribution in [0.15, 0.2) is 33.4 Å². The molecule has 1 heterocycles. The monoisotopic (exact) mass is 301 g/mol. The third-order valence-corrected chi connectivity index (χ3v) is 4.19. The molecule has 78 valence electrons. The van der Waals surface area contributed by atoms with Gasteiger partial charge in [-0.1, -0.05) is 23.7 Å². The Morgan fingerprint density at radius 2 is 2.07 bits per heavy atom. The van der Waals surface area contributed by atoms with Crippen LogP contribution in [0.4, 0.5) is 0 Å². The van der Waals surface area contributed by atoms with Crippen LogP contribution >= 0.6 is 38.9 Å². The quantitative estimate of drug-likeness (QED) is 0.880. The molecule has 0 saturated carbocycles. The zero-order valence-corrected chi connectivity index (χ0v) is 11.0. The summed E-state index contributed by atoms with van der Waals surface area (Å²) in [5.74, 6) is 0. The first-order valence-corrected chi connectivity index (χ1v) is 6.54. The van der Waals surface area contributed by atoms with E-state index in [9.17, 15) is 0 Å². The molecule has 0 bridgehead atoms. The van der Waals surface area contributed by atoms with Crippen molar-refractivity contribution in [3.8, 4) is 11.1 Å². The van der Waals surface area contributed by atoms with Crippen molar-refractivity contribution in [3.63, 3.8) is 0 Å². The third-order valence-electron chi connectivity index (χ3n) is 2.17. The number of benzene rings is 1. The lowest BCUT2D eigenvalue weighted by atomic mass is 10.1. The highest BCUT2D eigenvalue weighted by Gasteiger charge is 2.08. The predicted octanol–water partition coefficient (Wildman–Crippen LogP) is 4.29. The summed E-state index contributed by atoms with van der Waals surface area (Å²) in [4.78, 5) is 0. The molecular weight excluding hydrogens is 294 g/mol. The number of thiophene rings is 1. The van der Waals surface area contributed by atoms with Crippen LogP contribution < -0.4 is 5.73 Å². The smallest absolute Gasteiger partial charge is 0.0488 e. The minimum absolute atomic E-state index is 0.519. The molecule has 0 atom stereocenters. The summed E-state index contributed by atoms with van der Waals surface area (Å²) in [5, 5.41) is 4.87. The van der Waals surface area contributed by atoms with Gasteiger partial charge in [-0.2, -0.15) is 11.3 Å². The van der Waals surface area contributed by atoms with Gasteiger partial charge in [0, 0.05) is 32.5 Å². The van der Waals surface area contributed by atoms with E-state index in [1.54, 1.807) is 11.3 Å². The van der Waals surface area contributed by atoms with Crippen molar-refractivity contribution in [1.29, 1.82) is 0 Å². The number of rotatable bonds is 2. The van der Waals surface area contributed by atoms with Crippen LogP contribution in [0.25, 0.3) is 11.1 Å². The molecule has 1 aromatic heterocycles. The number of hydrogen-bond acceptors (Lipinski definition) is 2. The molecule has 0 aliphatic rings.